The zero-order chi connectivity index (χ0) is 26.2. The fourth-order valence-corrected chi connectivity index (χ4v) is 4.75. The van der Waals surface area contributed by atoms with Gasteiger partial charge in [0, 0.05) is 34.6 Å². The Morgan fingerprint density at radius 3 is 2.57 bits per heavy atom. The Labute approximate surface area is 215 Å². The Morgan fingerprint density at radius 1 is 1.08 bits per heavy atom. The van der Waals surface area contributed by atoms with Crippen LogP contribution in [0.2, 0.25) is 0 Å². The number of aromatic amines is 1. The van der Waals surface area contributed by atoms with Gasteiger partial charge in [0.1, 0.15) is 12.0 Å². The van der Waals surface area contributed by atoms with Crippen molar-refractivity contribution in [3.8, 4) is 16.9 Å². The topological polar surface area (TPSA) is 91.9 Å². The van der Waals surface area contributed by atoms with Gasteiger partial charge in [0.25, 0.3) is 5.56 Å². The van der Waals surface area contributed by atoms with Gasteiger partial charge in [-0.25, -0.2) is 0 Å². The molecule has 0 spiro atoms. The highest BCUT2D eigenvalue weighted by atomic mass is 16.5. The number of aromatic nitrogens is 1. The maximum Gasteiger partial charge on any atom is 0.255 e. The third kappa shape index (κ3) is 5.14. The fraction of sp³-hybridized carbons (Fsp3) is 0.267. The molecule has 2 heterocycles. The van der Waals surface area contributed by atoms with Crippen molar-refractivity contribution in [3.05, 3.63) is 94.4 Å². The van der Waals surface area contributed by atoms with E-state index >= 15 is 0 Å². The maximum absolute atomic E-state index is 13.5. The summed E-state index contributed by atoms with van der Waals surface area (Å²) in [5.41, 5.74) is 3.41. The van der Waals surface area contributed by atoms with Crippen LogP contribution in [0.15, 0.2) is 77.7 Å². The summed E-state index contributed by atoms with van der Waals surface area (Å²) in [4.78, 5) is 30.3. The number of hydrogen-bond donors (Lipinski definition) is 2. The Morgan fingerprint density at radius 2 is 1.84 bits per heavy atom. The molecule has 3 aromatic carbocycles. The molecule has 1 amide bonds. The monoisotopic (exact) mass is 498 g/mol. The molecule has 190 valence electrons. The number of nitrogens with one attached hydrogen (secondary N) is 1. The minimum atomic E-state index is -0.991. The Balaban J connectivity index is 1.39. The van der Waals surface area contributed by atoms with Crippen LogP contribution in [-0.2, 0) is 22.4 Å². The first-order valence-electron chi connectivity index (χ1n) is 12.3. The number of rotatable bonds is 7. The third-order valence-corrected chi connectivity index (χ3v) is 6.56. The van der Waals surface area contributed by atoms with E-state index in [0.717, 1.165) is 33.3 Å². The van der Waals surface area contributed by atoms with Crippen molar-refractivity contribution in [2.45, 2.75) is 38.5 Å². The predicted molar refractivity (Wildman–Crippen MR) is 144 cm³/mol. The number of hydrogen-bond acceptors (Lipinski definition) is 5. The summed E-state index contributed by atoms with van der Waals surface area (Å²) >= 11 is 0. The van der Waals surface area contributed by atoms with Crippen LogP contribution < -0.4 is 15.2 Å². The summed E-state index contributed by atoms with van der Waals surface area (Å²) < 4.78 is 11.3. The van der Waals surface area contributed by atoms with E-state index in [1.54, 1.807) is 44.2 Å². The summed E-state index contributed by atoms with van der Waals surface area (Å²) in [5, 5.41) is 11.5. The first-order valence-corrected chi connectivity index (χ1v) is 12.3. The number of aliphatic hydroxyl groups is 1. The van der Waals surface area contributed by atoms with Crippen molar-refractivity contribution in [1.29, 1.82) is 0 Å². The van der Waals surface area contributed by atoms with Crippen LogP contribution in [0.25, 0.3) is 21.9 Å². The molecule has 1 unspecified atom stereocenters. The van der Waals surface area contributed by atoms with Gasteiger partial charge in [-0.05, 0) is 54.8 Å². The lowest BCUT2D eigenvalue weighted by Crippen LogP contribution is -2.42. The molecule has 7 heteroatoms. The number of methoxy groups -OCH3 is 1. The van der Waals surface area contributed by atoms with Crippen molar-refractivity contribution in [1.82, 2.24) is 4.98 Å². The summed E-state index contributed by atoms with van der Waals surface area (Å²) in [6, 6.07) is 20.9. The summed E-state index contributed by atoms with van der Waals surface area (Å²) in [6.45, 7) is 3.50. The number of para-hydroxylation sites is 1. The zero-order valence-electron chi connectivity index (χ0n) is 21.2. The number of H-pyrrole nitrogens is 1. The van der Waals surface area contributed by atoms with Crippen LogP contribution in [0.4, 0.5) is 5.69 Å². The lowest BCUT2D eigenvalue weighted by molar-refractivity contribution is -0.122. The SMILES string of the molecule is COc1ccc2c(=O)[nH]cc(-c3ccc(CC(=O)N4c5ccccc5CC4OCC(C)(C)O)cc3)c2c1. The number of ether oxygens (including phenoxy) is 2. The molecule has 1 atom stereocenters. The zero-order valence-corrected chi connectivity index (χ0v) is 21.2. The molecule has 5 rings (SSSR count). The molecule has 0 fully saturated rings. The second kappa shape index (κ2) is 9.84. The van der Waals surface area contributed by atoms with E-state index in [1.165, 1.54) is 0 Å². The van der Waals surface area contributed by atoms with E-state index < -0.39 is 11.8 Å². The number of amides is 1. The molecule has 0 radical (unpaired) electrons. The van der Waals surface area contributed by atoms with Gasteiger partial charge in [-0.3, -0.25) is 14.5 Å². The molecule has 0 bridgehead atoms. The van der Waals surface area contributed by atoms with Gasteiger partial charge in [-0.2, -0.15) is 0 Å². The number of nitrogens with zero attached hydrogens (tertiary/aromatic N) is 1. The molecular weight excluding hydrogens is 468 g/mol. The third-order valence-electron chi connectivity index (χ3n) is 6.56. The Hall–Kier alpha value is -3.94. The van der Waals surface area contributed by atoms with E-state index in [2.05, 4.69) is 4.98 Å². The second-order valence-corrected chi connectivity index (χ2v) is 9.99. The van der Waals surface area contributed by atoms with E-state index in [9.17, 15) is 14.7 Å². The van der Waals surface area contributed by atoms with Gasteiger partial charge in [0.2, 0.25) is 5.91 Å². The van der Waals surface area contributed by atoms with Crippen LogP contribution in [0.5, 0.6) is 5.75 Å². The quantitative estimate of drug-likeness (QED) is 0.393. The number of carbonyl (C=O) groups is 1. The van der Waals surface area contributed by atoms with Crippen LogP contribution in [0, 0.1) is 0 Å². The van der Waals surface area contributed by atoms with Gasteiger partial charge in [-0.1, -0.05) is 42.5 Å². The van der Waals surface area contributed by atoms with E-state index in [-0.39, 0.29) is 24.5 Å². The lowest BCUT2D eigenvalue weighted by atomic mass is 9.99. The summed E-state index contributed by atoms with van der Waals surface area (Å²) in [5.74, 6) is 0.603. The normalized spacial score (nSPS) is 15.1. The number of benzene rings is 3. The minimum absolute atomic E-state index is 0.0716. The van der Waals surface area contributed by atoms with Crippen molar-refractivity contribution in [2.24, 2.45) is 0 Å². The smallest absolute Gasteiger partial charge is 0.255 e. The molecular formula is C30H30N2O5. The number of carbonyl (C=O) groups excluding carboxylic acids is 1. The molecule has 4 aromatic rings. The molecule has 0 saturated heterocycles. The van der Waals surface area contributed by atoms with E-state index in [4.69, 9.17) is 9.47 Å². The van der Waals surface area contributed by atoms with Gasteiger partial charge in [-0.15, -0.1) is 0 Å². The van der Waals surface area contributed by atoms with E-state index in [0.29, 0.717) is 17.6 Å². The minimum Gasteiger partial charge on any atom is -0.497 e. The molecule has 0 saturated carbocycles. The second-order valence-electron chi connectivity index (χ2n) is 9.99. The van der Waals surface area contributed by atoms with Gasteiger partial charge in [0.05, 0.1) is 25.7 Å². The molecule has 2 N–H and O–H groups in total. The average Bonchev–Trinajstić information content (AvgIpc) is 3.26. The largest absolute Gasteiger partial charge is 0.497 e. The Bertz CT molecular complexity index is 1500. The summed E-state index contributed by atoms with van der Waals surface area (Å²) in [6.07, 6.45) is 2.03. The van der Waals surface area contributed by atoms with E-state index in [1.807, 2.05) is 54.6 Å². The highest BCUT2D eigenvalue weighted by Gasteiger charge is 2.35. The molecule has 1 aromatic heterocycles. The van der Waals surface area contributed by atoms with Crippen LogP contribution in [0.3, 0.4) is 0 Å². The maximum atomic E-state index is 13.5. The van der Waals surface area contributed by atoms with Crippen molar-refractivity contribution in [3.63, 3.8) is 0 Å². The van der Waals surface area contributed by atoms with Gasteiger partial charge < -0.3 is 19.6 Å². The molecule has 0 aliphatic carbocycles. The first-order chi connectivity index (χ1) is 17.7. The van der Waals surface area contributed by atoms with Gasteiger partial charge >= 0.3 is 0 Å². The van der Waals surface area contributed by atoms with Crippen LogP contribution in [-0.4, -0.2) is 41.5 Å². The van der Waals surface area contributed by atoms with Gasteiger partial charge in [0.15, 0.2) is 0 Å². The van der Waals surface area contributed by atoms with Crippen molar-refractivity contribution >= 4 is 22.4 Å². The number of pyridine rings is 1. The molecule has 1 aliphatic rings. The molecule has 1 aliphatic heterocycles. The summed E-state index contributed by atoms with van der Waals surface area (Å²) in [7, 11) is 1.60. The van der Waals surface area contributed by atoms with Crippen molar-refractivity contribution in [2.75, 3.05) is 18.6 Å². The number of anilines is 1. The molecule has 37 heavy (non-hydrogen) atoms. The molecule has 7 nitrogen and oxygen atoms in total. The highest BCUT2D eigenvalue weighted by Crippen LogP contribution is 2.34. The first kappa shape index (κ1) is 24.7. The van der Waals surface area contributed by atoms with Crippen LogP contribution in [0.1, 0.15) is 25.0 Å². The van der Waals surface area contributed by atoms with Crippen LogP contribution >= 0.6 is 0 Å². The van der Waals surface area contributed by atoms with Crippen molar-refractivity contribution < 1.29 is 19.4 Å². The average molecular weight is 499 g/mol. The predicted octanol–water partition coefficient (Wildman–Crippen LogP) is 4.45. The lowest BCUT2D eigenvalue weighted by Gasteiger charge is -2.28. The highest BCUT2D eigenvalue weighted by molar-refractivity contribution is 5.98. The standard InChI is InChI=1S/C30H30N2O5/c1-30(2,35)18-37-28-15-21-6-4-5-7-26(21)32(28)27(33)14-19-8-10-20(11-9-19)25-17-31-29(34)23-13-12-22(36-3)16-24(23)25/h4-13,16-17,28,35H,14-15,18H2,1-3H3,(H,31,34). The number of fused-ring (bicyclic) bond motifs is 2. The fourth-order valence-electron chi connectivity index (χ4n) is 4.75. The Kier molecular flexibility index (Phi) is 6.58.